The van der Waals surface area contributed by atoms with Crippen molar-refractivity contribution in [2.24, 2.45) is 11.1 Å². The summed E-state index contributed by atoms with van der Waals surface area (Å²) in [5.74, 6) is 0.895. The molecule has 0 aromatic heterocycles. The van der Waals surface area contributed by atoms with E-state index < -0.39 is 11.0 Å². The first-order valence-electron chi connectivity index (χ1n) is 6.24. The lowest BCUT2D eigenvalue weighted by Gasteiger charge is -2.37. The molecule has 4 heteroatoms. The minimum Gasteiger partial charge on any atom is -0.496 e. The van der Waals surface area contributed by atoms with Gasteiger partial charge in [-0.3, -0.25) is 4.79 Å². The van der Waals surface area contributed by atoms with Crippen LogP contribution < -0.4 is 10.5 Å². The van der Waals surface area contributed by atoms with E-state index in [1.54, 1.807) is 7.11 Å². The minimum atomic E-state index is -0.570. The summed E-state index contributed by atoms with van der Waals surface area (Å²) in [5, 5.41) is 0. The number of carbonyl (C=O) groups is 1. The van der Waals surface area contributed by atoms with Gasteiger partial charge in [-0.1, -0.05) is 19.9 Å². The third kappa shape index (κ3) is 3.57. The van der Waals surface area contributed by atoms with E-state index in [4.69, 9.17) is 10.5 Å². The Morgan fingerprint density at radius 2 is 1.89 bits per heavy atom. The van der Waals surface area contributed by atoms with Gasteiger partial charge in [-0.25, -0.2) is 0 Å². The van der Waals surface area contributed by atoms with Crippen molar-refractivity contribution in [3.63, 3.8) is 0 Å². The predicted molar refractivity (Wildman–Crippen MR) is 81.5 cm³/mol. The van der Waals surface area contributed by atoms with Crippen LogP contribution in [-0.2, 0) is 11.2 Å². The van der Waals surface area contributed by atoms with Crippen LogP contribution in [0.4, 0.5) is 0 Å². The number of ether oxygens (including phenoxy) is 1. The summed E-state index contributed by atoms with van der Waals surface area (Å²) in [6.45, 7) is 7.56. The average Bonchev–Trinajstić information content (AvgIpc) is 2.27. The number of Topliss-reactive ketones (excluding diaryl/α,β-unsaturated/α-hetero) is 1. The molecule has 0 saturated carbocycles. The number of methoxy groups -OCH3 is 1. The average molecular weight is 328 g/mol. The van der Waals surface area contributed by atoms with Gasteiger partial charge < -0.3 is 10.5 Å². The Labute approximate surface area is 123 Å². The second-order valence-corrected chi connectivity index (χ2v) is 6.77. The Morgan fingerprint density at radius 3 is 2.32 bits per heavy atom. The summed E-state index contributed by atoms with van der Waals surface area (Å²) in [4.78, 5) is 12.4. The lowest BCUT2D eigenvalue weighted by molar-refractivity contribution is -0.129. The molecule has 2 N–H and O–H groups in total. The van der Waals surface area contributed by atoms with Crippen LogP contribution in [0.15, 0.2) is 22.7 Å². The molecular weight excluding hydrogens is 306 g/mol. The maximum absolute atomic E-state index is 12.4. The van der Waals surface area contributed by atoms with Crippen molar-refractivity contribution in [3.05, 3.63) is 28.2 Å². The Morgan fingerprint density at radius 1 is 1.32 bits per heavy atom. The van der Waals surface area contributed by atoms with Gasteiger partial charge in [0, 0.05) is 17.4 Å². The Bertz CT molecular complexity index is 476. The number of ketones is 1. The standard InChI is InChI=1S/C15H22BrNO2/c1-14(2,15(3,4)17)13(18)9-10-6-7-12(19-5)11(16)8-10/h6-8H,9,17H2,1-5H3. The Kier molecular flexibility index (Phi) is 4.80. The van der Waals surface area contributed by atoms with E-state index in [0.717, 1.165) is 15.8 Å². The zero-order valence-corrected chi connectivity index (χ0v) is 13.8. The fourth-order valence-corrected chi connectivity index (χ4v) is 2.17. The summed E-state index contributed by atoms with van der Waals surface area (Å²) in [7, 11) is 1.62. The van der Waals surface area contributed by atoms with Crippen LogP contribution in [0.5, 0.6) is 5.75 Å². The van der Waals surface area contributed by atoms with E-state index >= 15 is 0 Å². The highest BCUT2D eigenvalue weighted by Crippen LogP contribution is 2.32. The fourth-order valence-electron chi connectivity index (χ4n) is 1.59. The summed E-state index contributed by atoms with van der Waals surface area (Å²) in [5.41, 5.74) is 5.93. The number of hydrogen-bond donors (Lipinski definition) is 1. The van der Waals surface area contributed by atoms with E-state index in [1.807, 2.05) is 45.9 Å². The van der Waals surface area contributed by atoms with E-state index in [-0.39, 0.29) is 5.78 Å². The second kappa shape index (κ2) is 5.63. The Balaban J connectivity index is 2.92. The SMILES string of the molecule is COc1ccc(CC(=O)C(C)(C)C(C)(C)N)cc1Br. The lowest BCUT2D eigenvalue weighted by atomic mass is 9.71. The molecule has 0 atom stereocenters. The van der Waals surface area contributed by atoms with E-state index in [1.165, 1.54) is 0 Å². The highest BCUT2D eigenvalue weighted by Gasteiger charge is 2.39. The van der Waals surface area contributed by atoms with Gasteiger partial charge in [0.05, 0.1) is 11.6 Å². The normalized spacial score (nSPS) is 12.4. The number of benzene rings is 1. The quantitative estimate of drug-likeness (QED) is 0.902. The molecule has 0 amide bonds. The van der Waals surface area contributed by atoms with Gasteiger partial charge in [0.1, 0.15) is 11.5 Å². The van der Waals surface area contributed by atoms with Crippen molar-refractivity contribution in [3.8, 4) is 5.75 Å². The predicted octanol–water partition coefficient (Wildman–Crippen LogP) is 3.33. The molecule has 0 bridgehead atoms. The molecule has 0 spiro atoms. The summed E-state index contributed by atoms with van der Waals surface area (Å²) in [6.07, 6.45) is 0.371. The smallest absolute Gasteiger partial charge is 0.144 e. The fraction of sp³-hybridized carbons (Fsp3) is 0.533. The van der Waals surface area contributed by atoms with Crippen LogP contribution in [-0.4, -0.2) is 18.4 Å². The lowest BCUT2D eigenvalue weighted by Crippen LogP contribution is -2.52. The molecule has 0 aliphatic heterocycles. The summed E-state index contributed by atoms with van der Waals surface area (Å²) < 4.78 is 6.03. The van der Waals surface area contributed by atoms with Gasteiger partial charge in [-0.15, -0.1) is 0 Å². The van der Waals surface area contributed by atoms with E-state index in [9.17, 15) is 4.79 Å². The molecule has 0 aliphatic carbocycles. The van der Waals surface area contributed by atoms with Gasteiger partial charge >= 0.3 is 0 Å². The third-order valence-electron chi connectivity index (χ3n) is 3.89. The maximum Gasteiger partial charge on any atom is 0.144 e. The van der Waals surface area contributed by atoms with Gasteiger partial charge in [0.15, 0.2) is 0 Å². The highest BCUT2D eigenvalue weighted by atomic mass is 79.9. The maximum atomic E-state index is 12.4. The van der Waals surface area contributed by atoms with Crippen LogP contribution in [0.2, 0.25) is 0 Å². The number of rotatable bonds is 5. The molecule has 0 unspecified atom stereocenters. The number of carbonyl (C=O) groups excluding carboxylic acids is 1. The van der Waals surface area contributed by atoms with Crippen molar-refractivity contribution in [2.45, 2.75) is 39.7 Å². The molecule has 19 heavy (non-hydrogen) atoms. The molecular formula is C15H22BrNO2. The molecule has 3 nitrogen and oxygen atoms in total. The second-order valence-electron chi connectivity index (χ2n) is 5.92. The molecule has 0 saturated heterocycles. The zero-order chi connectivity index (χ0) is 14.8. The van der Waals surface area contributed by atoms with Gasteiger partial charge in [-0.2, -0.15) is 0 Å². The van der Waals surface area contributed by atoms with Gasteiger partial charge in [0.25, 0.3) is 0 Å². The van der Waals surface area contributed by atoms with E-state index in [0.29, 0.717) is 6.42 Å². The largest absolute Gasteiger partial charge is 0.496 e. The number of nitrogens with two attached hydrogens (primary N) is 1. The summed E-state index contributed by atoms with van der Waals surface area (Å²) >= 11 is 3.43. The third-order valence-corrected chi connectivity index (χ3v) is 4.51. The molecule has 0 heterocycles. The van der Waals surface area contributed by atoms with Crippen LogP contribution in [0.25, 0.3) is 0 Å². The van der Waals surface area contributed by atoms with Gasteiger partial charge in [-0.05, 0) is 47.5 Å². The monoisotopic (exact) mass is 327 g/mol. The van der Waals surface area contributed by atoms with Crippen LogP contribution in [0.1, 0.15) is 33.3 Å². The van der Waals surface area contributed by atoms with Crippen molar-refractivity contribution in [1.82, 2.24) is 0 Å². The first kappa shape index (κ1) is 16.2. The van der Waals surface area contributed by atoms with Crippen LogP contribution >= 0.6 is 15.9 Å². The first-order chi connectivity index (χ1) is 8.59. The summed E-state index contributed by atoms with van der Waals surface area (Å²) in [6, 6.07) is 5.67. The zero-order valence-electron chi connectivity index (χ0n) is 12.2. The molecule has 106 valence electrons. The van der Waals surface area contributed by atoms with Crippen molar-refractivity contribution in [1.29, 1.82) is 0 Å². The van der Waals surface area contributed by atoms with Gasteiger partial charge in [0.2, 0.25) is 0 Å². The molecule has 1 aromatic rings. The molecule has 0 aliphatic rings. The molecule has 0 radical (unpaired) electrons. The number of halogens is 1. The first-order valence-corrected chi connectivity index (χ1v) is 7.03. The topological polar surface area (TPSA) is 52.3 Å². The number of hydrogen-bond acceptors (Lipinski definition) is 3. The highest BCUT2D eigenvalue weighted by molar-refractivity contribution is 9.10. The van der Waals surface area contributed by atoms with Crippen molar-refractivity contribution >= 4 is 21.7 Å². The van der Waals surface area contributed by atoms with E-state index in [2.05, 4.69) is 15.9 Å². The van der Waals surface area contributed by atoms with Crippen LogP contribution in [0.3, 0.4) is 0 Å². The van der Waals surface area contributed by atoms with Crippen molar-refractivity contribution in [2.75, 3.05) is 7.11 Å². The van der Waals surface area contributed by atoms with Crippen molar-refractivity contribution < 1.29 is 9.53 Å². The van der Waals surface area contributed by atoms with Crippen LogP contribution in [0, 0.1) is 5.41 Å². The Hall–Kier alpha value is -0.870. The molecule has 0 fully saturated rings. The minimum absolute atomic E-state index is 0.136. The molecule has 1 aromatic carbocycles. The molecule has 1 rings (SSSR count).